The van der Waals surface area contributed by atoms with Gasteiger partial charge in [-0.3, -0.25) is 5.01 Å². The lowest BCUT2D eigenvalue weighted by molar-refractivity contribution is -0.133. The van der Waals surface area contributed by atoms with Gasteiger partial charge < -0.3 is 14.2 Å². The monoisotopic (exact) mass is 450 g/mol. The Kier molecular flexibility index (Phi) is 8.66. The first-order valence-electron chi connectivity index (χ1n) is 11.5. The lowest BCUT2D eigenvalue weighted by atomic mass is 9.98. The summed E-state index contributed by atoms with van der Waals surface area (Å²) in [4.78, 5) is 12.2. The first-order valence-corrected chi connectivity index (χ1v) is 11.5. The first-order chi connectivity index (χ1) is 16.0. The second kappa shape index (κ2) is 11.7. The first kappa shape index (κ1) is 24.5. The molecule has 0 spiro atoms. The molecule has 0 saturated carbocycles. The summed E-state index contributed by atoms with van der Waals surface area (Å²) in [5, 5.41) is 6.99. The lowest BCUT2D eigenvalue weighted by Crippen LogP contribution is -2.33. The van der Waals surface area contributed by atoms with Crippen molar-refractivity contribution in [2.75, 3.05) is 33.4 Å². The van der Waals surface area contributed by atoms with Gasteiger partial charge in [0.2, 0.25) is 0 Å². The Hall–Kier alpha value is -3.12. The number of hydrazone groups is 1. The van der Waals surface area contributed by atoms with Crippen LogP contribution in [0.3, 0.4) is 0 Å². The summed E-state index contributed by atoms with van der Waals surface area (Å²) in [5.41, 5.74) is 6.69. The number of esters is 1. The molecule has 3 rings (SSSR count). The molecule has 1 aliphatic rings. The van der Waals surface area contributed by atoms with E-state index in [9.17, 15) is 4.79 Å². The minimum absolute atomic E-state index is 0.354. The largest absolute Gasteiger partial charge is 0.489 e. The van der Waals surface area contributed by atoms with Crippen LogP contribution in [0.4, 0.5) is 0 Å². The molecular weight excluding hydrogens is 416 g/mol. The number of benzene rings is 2. The molecule has 1 aliphatic heterocycles. The summed E-state index contributed by atoms with van der Waals surface area (Å²) in [5.74, 6) is 0.473. The van der Waals surface area contributed by atoms with Gasteiger partial charge in [-0.05, 0) is 61.6 Å². The van der Waals surface area contributed by atoms with Crippen LogP contribution in [0.5, 0.6) is 5.75 Å². The summed E-state index contributed by atoms with van der Waals surface area (Å²) in [6.07, 6.45) is 2.62. The maximum absolute atomic E-state index is 12.2. The fraction of sp³-hybridized carbons (Fsp3) is 0.407. The molecule has 33 heavy (non-hydrogen) atoms. The van der Waals surface area contributed by atoms with E-state index >= 15 is 0 Å². The van der Waals surface area contributed by atoms with E-state index in [1.165, 1.54) is 7.11 Å². The molecule has 1 saturated heterocycles. The summed E-state index contributed by atoms with van der Waals surface area (Å²) in [7, 11) is 1.39. The lowest BCUT2D eigenvalue weighted by Gasteiger charge is -2.25. The predicted molar refractivity (Wildman–Crippen MR) is 132 cm³/mol. The smallest absolute Gasteiger partial charge is 0.338 e. The van der Waals surface area contributed by atoms with Crippen LogP contribution in [0.2, 0.25) is 0 Å². The number of carbonyl (C=O) groups is 1. The molecule has 2 aromatic rings. The molecule has 0 unspecified atom stereocenters. The Balaban J connectivity index is 1.82. The number of nitrogens with zero attached hydrogens (tertiary/aromatic N) is 2. The van der Waals surface area contributed by atoms with Crippen LogP contribution in [-0.4, -0.2) is 50.1 Å². The number of morpholine rings is 1. The van der Waals surface area contributed by atoms with Crippen molar-refractivity contribution >= 4 is 17.3 Å². The molecule has 0 bridgehead atoms. The molecule has 176 valence electrons. The molecule has 0 radical (unpaired) electrons. The third-order valence-corrected chi connectivity index (χ3v) is 5.80. The molecule has 1 heterocycles. The van der Waals surface area contributed by atoms with E-state index in [-0.39, 0.29) is 5.97 Å². The normalized spacial score (nSPS) is 14.9. The number of rotatable bonds is 8. The molecule has 0 aromatic heterocycles. The molecule has 6 nitrogen and oxygen atoms in total. The van der Waals surface area contributed by atoms with E-state index in [1.807, 2.05) is 31.2 Å². The number of allylic oxidation sites excluding steroid dienone is 1. The third-order valence-electron chi connectivity index (χ3n) is 5.80. The SMILES string of the molecule is CC=C(C(=O)OC)c1ccccc1COc1cc(C)c(/C(CC)=N\N2CCOCC2)cc1C. The van der Waals surface area contributed by atoms with Crippen molar-refractivity contribution in [3.8, 4) is 5.75 Å². The van der Waals surface area contributed by atoms with Gasteiger partial charge in [-0.2, -0.15) is 5.10 Å². The van der Waals surface area contributed by atoms with E-state index in [0.29, 0.717) is 12.2 Å². The van der Waals surface area contributed by atoms with Gasteiger partial charge in [-0.15, -0.1) is 0 Å². The minimum Gasteiger partial charge on any atom is -0.489 e. The second-order valence-corrected chi connectivity index (χ2v) is 8.04. The van der Waals surface area contributed by atoms with Crippen LogP contribution in [0.15, 0.2) is 47.6 Å². The van der Waals surface area contributed by atoms with Gasteiger partial charge in [-0.1, -0.05) is 37.3 Å². The van der Waals surface area contributed by atoms with Gasteiger partial charge in [0, 0.05) is 5.56 Å². The second-order valence-electron chi connectivity index (χ2n) is 8.04. The number of methoxy groups -OCH3 is 1. The fourth-order valence-corrected chi connectivity index (χ4v) is 3.95. The summed E-state index contributed by atoms with van der Waals surface area (Å²) < 4.78 is 16.6. The standard InChI is InChI=1S/C27H34N2O4/c1-6-22(27(30)31-5)23-11-9-8-10-21(23)18-33-26-17-19(3)24(16-20(26)4)25(7-2)28-29-12-14-32-15-13-29/h6,8-11,16-17H,7,12-15,18H2,1-5H3/b22-6?,28-25-. The van der Waals surface area contributed by atoms with Gasteiger partial charge in [0.05, 0.1) is 44.7 Å². The predicted octanol–water partition coefficient (Wildman–Crippen LogP) is 4.91. The number of carbonyl (C=O) groups excluding carboxylic acids is 1. The van der Waals surface area contributed by atoms with Crippen molar-refractivity contribution in [2.45, 2.75) is 40.7 Å². The highest BCUT2D eigenvalue weighted by Gasteiger charge is 2.17. The summed E-state index contributed by atoms with van der Waals surface area (Å²) >= 11 is 0. The molecule has 0 N–H and O–H groups in total. The van der Waals surface area contributed by atoms with E-state index in [1.54, 1.807) is 6.08 Å². The van der Waals surface area contributed by atoms with Crippen molar-refractivity contribution in [1.29, 1.82) is 0 Å². The molecule has 0 atom stereocenters. The number of ether oxygens (including phenoxy) is 3. The maximum atomic E-state index is 12.2. The Morgan fingerprint density at radius 1 is 1.12 bits per heavy atom. The van der Waals surface area contributed by atoms with Crippen molar-refractivity contribution < 1.29 is 19.0 Å². The molecule has 2 aromatic carbocycles. The Morgan fingerprint density at radius 3 is 2.52 bits per heavy atom. The molecule has 1 fully saturated rings. The zero-order chi connectivity index (χ0) is 23.8. The van der Waals surface area contributed by atoms with Gasteiger partial charge >= 0.3 is 5.97 Å². The van der Waals surface area contributed by atoms with Crippen LogP contribution in [-0.2, 0) is 20.9 Å². The zero-order valence-corrected chi connectivity index (χ0v) is 20.3. The molecule has 6 heteroatoms. The van der Waals surface area contributed by atoms with Crippen LogP contribution >= 0.6 is 0 Å². The Bertz CT molecular complexity index is 1040. The van der Waals surface area contributed by atoms with Crippen molar-refractivity contribution in [1.82, 2.24) is 5.01 Å². The highest BCUT2D eigenvalue weighted by Crippen LogP contribution is 2.27. The molecule has 0 amide bonds. The van der Waals surface area contributed by atoms with Crippen molar-refractivity contribution in [2.24, 2.45) is 5.10 Å². The summed E-state index contributed by atoms with van der Waals surface area (Å²) in [6.45, 7) is 11.6. The number of aryl methyl sites for hydroxylation is 2. The minimum atomic E-state index is -0.354. The topological polar surface area (TPSA) is 60.4 Å². The number of hydrogen-bond acceptors (Lipinski definition) is 6. The van der Waals surface area contributed by atoms with E-state index < -0.39 is 0 Å². The molecular formula is C27H34N2O4. The Labute approximate surface area is 196 Å². The Morgan fingerprint density at radius 2 is 1.85 bits per heavy atom. The quantitative estimate of drug-likeness (QED) is 0.325. The van der Waals surface area contributed by atoms with Crippen LogP contribution in [0.1, 0.15) is 48.1 Å². The summed E-state index contributed by atoms with van der Waals surface area (Å²) in [6, 6.07) is 12.0. The van der Waals surface area contributed by atoms with Gasteiger partial charge in [0.1, 0.15) is 12.4 Å². The average molecular weight is 451 g/mol. The van der Waals surface area contributed by atoms with Crippen molar-refractivity contribution in [3.63, 3.8) is 0 Å². The van der Waals surface area contributed by atoms with Crippen LogP contribution < -0.4 is 4.74 Å². The molecule has 0 aliphatic carbocycles. The van der Waals surface area contributed by atoms with E-state index in [0.717, 1.165) is 72.0 Å². The highest BCUT2D eigenvalue weighted by molar-refractivity contribution is 6.16. The maximum Gasteiger partial charge on any atom is 0.338 e. The van der Waals surface area contributed by atoms with Crippen LogP contribution in [0.25, 0.3) is 5.57 Å². The van der Waals surface area contributed by atoms with E-state index in [4.69, 9.17) is 19.3 Å². The van der Waals surface area contributed by atoms with Crippen molar-refractivity contribution in [3.05, 3.63) is 70.3 Å². The van der Waals surface area contributed by atoms with Gasteiger partial charge in [-0.25, -0.2) is 4.79 Å². The van der Waals surface area contributed by atoms with Gasteiger partial charge in [0.25, 0.3) is 0 Å². The van der Waals surface area contributed by atoms with Crippen LogP contribution in [0, 0.1) is 13.8 Å². The van der Waals surface area contributed by atoms with Gasteiger partial charge in [0.15, 0.2) is 0 Å². The zero-order valence-electron chi connectivity index (χ0n) is 20.3. The fourth-order valence-electron chi connectivity index (χ4n) is 3.95. The number of hydrogen-bond donors (Lipinski definition) is 0. The highest BCUT2D eigenvalue weighted by atomic mass is 16.5. The average Bonchev–Trinajstić information content (AvgIpc) is 2.84. The third kappa shape index (κ3) is 6.02. The van der Waals surface area contributed by atoms with E-state index in [2.05, 4.69) is 37.9 Å².